The van der Waals surface area contributed by atoms with Gasteiger partial charge in [0.1, 0.15) is 6.04 Å². The molecule has 2 saturated heterocycles. The molecule has 9 heteroatoms. The van der Waals surface area contributed by atoms with Crippen molar-refractivity contribution in [1.82, 2.24) is 20.0 Å². The molecule has 1 N–H and O–H groups in total. The average molecular weight is 533 g/mol. The molecule has 2 aliphatic rings. The maximum Gasteiger partial charge on any atom is 0.403 e. The third-order valence-corrected chi connectivity index (χ3v) is 5.81. The number of unbranched alkanes of at least 4 members (excludes halogenated alkanes) is 2. The van der Waals surface area contributed by atoms with Crippen molar-refractivity contribution in [2.75, 3.05) is 58.9 Å². The largest absolute Gasteiger partial charge is 0.403 e. The number of alkyl halides is 3. The lowest BCUT2D eigenvalue weighted by Crippen LogP contribution is -2.56. The molecule has 0 aromatic rings. The number of piperidine rings is 1. The minimum Gasteiger partial charge on any atom is -0.357 e. The standard InChI is InChI=1S/C20H38F3N5.HI/c1-3-24-19(25-10-6-4-7-11-26-12-8-5-9-13-26)28-16-14-27(15-17-28)18(2)20(21,22)23;/h18H,3-17H2,1-2H3,(H,24,25);1H. The summed E-state index contributed by atoms with van der Waals surface area (Å²) in [6.45, 7) is 10.5. The zero-order valence-electron chi connectivity index (χ0n) is 18.0. The number of halogens is 4. The first kappa shape index (κ1) is 26.7. The van der Waals surface area contributed by atoms with E-state index < -0.39 is 12.2 Å². The highest BCUT2D eigenvalue weighted by atomic mass is 127. The number of piperazine rings is 1. The molecule has 172 valence electrons. The topological polar surface area (TPSA) is 34.1 Å². The number of rotatable bonds is 8. The van der Waals surface area contributed by atoms with Gasteiger partial charge >= 0.3 is 6.18 Å². The fourth-order valence-electron chi connectivity index (χ4n) is 3.95. The normalized spacial score (nSPS) is 21.0. The molecule has 1 unspecified atom stereocenters. The molecule has 2 rings (SSSR count). The van der Waals surface area contributed by atoms with Gasteiger partial charge in [-0.05, 0) is 59.2 Å². The van der Waals surface area contributed by atoms with E-state index >= 15 is 0 Å². The first-order valence-corrected chi connectivity index (χ1v) is 11.0. The summed E-state index contributed by atoms with van der Waals surface area (Å²) in [6, 6.07) is -1.38. The van der Waals surface area contributed by atoms with Crippen LogP contribution in [0.25, 0.3) is 0 Å². The van der Waals surface area contributed by atoms with E-state index in [1.807, 2.05) is 6.92 Å². The van der Waals surface area contributed by atoms with Gasteiger partial charge in [0.2, 0.25) is 0 Å². The van der Waals surface area contributed by atoms with Gasteiger partial charge in [0, 0.05) is 39.3 Å². The first-order valence-electron chi connectivity index (χ1n) is 11.0. The smallest absolute Gasteiger partial charge is 0.357 e. The van der Waals surface area contributed by atoms with Crippen molar-refractivity contribution < 1.29 is 13.2 Å². The second kappa shape index (κ2) is 13.9. The van der Waals surface area contributed by atoms with Crippen molar-refractivity contribution >= 4 is 29.9 Å². The van der Waals surface area contributed by atoms with E-state index in [1.165, 1.54) is 63.6 Å². The van der Waals surface area contributed by atoms with Gasteiger partial charge in [-0.15, -0.1) is 24.0 Å². The molecule has 2 aliphatic heterocycles. The summed E-state index contributed by atoms with van der Waals surface area (Å²) in [5, 5.41) is 3.30. The summed E-state index contributed by atoms with van der Waals surface area (Å²) < 4.78 is 38.7. The van der Waals surface area contributed by atoms with E-state index in [4.69, 9.17) is 4.99 Å². The maximum absolute atomic E-state index is 12.9. The Kier molecular flexibility index (Phi) is 12.8. The van der Waals surface area contributed by atoms with Gasteiger partial charge < -0.3 is 15.1 Å². The number of likely N-dealkylation sites (tertiary alicyclic amines) is 1. The van der Waals surface area contributed by atoms with E-state index in [2.05, 4.69) is 15.1 Å². The van der Waals surface area contributed by atoms with Crippen LogP contribution < -0.4 is 5.32 Å². The fourth-order valence-corrected chi connectivity index (χ4v) is 3.95. The van der Waals surface area contributed by atoms with Gasteiger partial charge in [-0.1, -0.05) is 12.8 Å². The predicted molar refractivity (Wildman–Crippen MR) is 124 cm³/mol. The minimum absolute atomic E-state index is 0. The molecule has 0 aromatic carbocycles. The lowest BCUT2D eigenvalue weighted by molar-refractivity contribution is -0.181. The monoisotopic (exact) mass is 533 g/mol. The van der Waals surface area contributed by atoms with Crippen molar-refractivity contribution in [3.63, 3.8) is 0 Å². The van der Waals surface area contributed by atoms with Crippen molar-refractivity contribution in [2.45, 2.75) is 64.6 Å². The van der Waals surface area contributed by atoms with Crippen LogP contribution in [0.4, 0.5) is 13.2 Å². The summed E-state index contributed by atoms with van der Waals surface area (Å²) in [6.07, 6.45) is 3.36. The molecule has 5 nitrogen and oxygen atoms in total. The van der Waals surface area contributed by atoms with Crippen molar-refractivity contribution in [2.24, 2.45) is 4.99 Å². The number of hydrogen-bond acceptors (Lipinski definition) is 3. The Balaban J connectivity index is 0.00000420. The molecule has 29 heavy (non-hydrogen) atoms. The molecular weight excluding hydrogens is 494 g/mol. The highest BCUT2D eigenvalue weighted by molar-refractivity contribution is 14.0. The van der Waals surface area contributed by atoms with Crippen LogP contribution in [0.1, 0.15) is 52.4 Å². The molecular formula is C20H39F3IN5. The van der Waals surface area contributed by atoms with Gasteiger partial charge in [0.25, 0.3) is 0 Å². The maximum atomic E-state index is 12.9. The molecule has 1 atom stereocenters. The highest BCUT2D eigenvalue weighted by Crippen LogP contribution is 2.25. The first-order chi connectivity index (χ1) is 13.4. The van der Waals surface area contributed by atoms with Crippen LogP contribution in [-0.2, 0) is 0 Å². The molecule has 0 aliphatic carbocycles. The lowest BCUT2D eigenvalue weighted by atomic mass is 10.1. The summed E-state index contributed by atoms with van der Waals surface area (Å²) in [5.41, 5.74) is 0. The van der Waals surface area contributed by atoms with Crippen molar-refractivity contribution in [3.05, 3.63) is 0 Å². The summed E-state index contributed by atoms with van der Waals surface area (Å²) >= 11 is 0. The number of hydrogen-bond donors (Lipinski definition) is 1. The third kappa shape index (κ3) is 9.59. The molecule has 2 fully saturated rings. The van der Waals surface area contributed by atoms with Gasteiger partial charge in [-0.3, -0.25) is 9.89 Å². The predicted octanol–water partition coefficient (Wildman–Crippen LogP) is 3.79. The molecule has 0 saturated carbocycles. The van der Waals surface area contributed by atoms with Crippen LogP contribution in [0.3, 0.4) is 0 Å². The van der Waals surface area contributed by atoms with Crippen LogP contribution in [0, 0.1) is 0 Å². The van der Waals surface area contributed by atoms with Crippen LogP contribution >= 0.6 is 24.0 Å². The summed E-state index contributed by atoms with van der Waals surface area (Å²) in [5.74, 6) is 0.845. The Hall–Kier alpha value is -0.290. The third-order valence-electron chi connectivity index (χ3n) is 5.81. The Labute approximate surface area is 191 Å². The van der Waals surface area contributed by atoms with Crippen LogP contribution in [0.15, 0.2) is 4.99 Å². The number of nitrogens with one attached hydrogen (secondary N) is 1. The van der Waals surface area contributed by atoms with E-state index in [0.717, 1.165) is 25.5 Å². The highest BCUT2D eigenvalue weighted by Gasteiger charge is 2.41. The molecule has 0 aromatic heterocycles. The Bertz CT molecular complexity index is 462. The summed E-state index contributed by atoms with van der Waals surface area (Å²) in [7, 11) is 0. The molecule has 2 heterocycles. The van der Waals surface area contributed by atoms with Crippen molar-refractivity contribution in [1.29, 1.82) is 0 Å². The SMILES string of the molecule is CCNC(=NCCCCCN1CCCCC1)N1CCN(C(C)C(F)(F)F)CC1.I. The number of nitrogens with zero attached hydrogens (tertiary/aromatic N) is 4. The quantitative estimate of drug-likeness (QED) is 0.223. The second-order valence-corrected chi connectivity index (χ2v) is 7.94. The Morgan fingerprint density at radius 1 is 0.966 bits per heavy atom. The van der Waals surface area contributed by atoms with E-state index in [0.29, 0.717) is 26.2 Å². The molecule has 0 amide bonds. The van der Waals surface area contributed by atoms with Crippen LogP contribution in [0.2, 0.25) is 0 Å². The van der Waals surface area contributed by atoms with Crippen LogP contribution in [0.5, 0.6) is 0 Å². The van der Waals surface area contributed by atoms with Gasteiger partial charge in [0.15, 0.2) is 5.96 Å². The van der Waals surface area contributed by atoms with E-state index in [1.54, 1.807) is 0 Å². The van der Waals surface area contributed by atoms with Gasteiger partial charge in [-0.2, -0.15) is 13.2 Å². The number of guanidine groups is 1. The Morgan fingerprint density at radius 2 is 1.62 bits per heavy atom. The minimum atomic E-state index is -4.16. The average Bonchev–Trinajstić information content (AvgIpc) is 2.69. The zero-order chi connectivity index (χ0) is 20.4. The fraction of sp³-hybridized carbons (Fsp3) is 0.950. The lowest BCUT2D eigenvalue weighted by Gasteiger charge is -2.39. The van der Waals surface area contributed by atoms with Crippen LogP contribution in [-0.4, -0.2) is 91.8 Å². The second-order valence-electron chi connectivity index (χ2n) is 7.94. The zero-order valence-corrected chi connectivity index (χ0v) is 20.3. The summed E-state index contributed by atoms with van der Waals surface area (Å²) in [4.78, 5) is 10.9. The van der Waals surface area contributed by atoms with Gasteiger partial charge in [-0.25, -0.2) is 0 Å². The van der Waals surface area contributed by atoms with Gasteiger partial charge in [0.05, 0.1) is 0 Å². The molecule has 0 spiro atoms. The van der Waals surface area contributed by atoms with E-state index in [-0.39, 0.29) is 24.0 Å². The molecule has 0 bridgehead atoms. The van der Waals surface area contributed by atoms with Crippen molar-refractivity contribution in [3.8, 4) is 0 Å². The molecule has 0 radical (unpaired) electrons. The Morgan fingerprint density at radius 3 is 2.21 bits per heavy atom. The van der Waals surface area contributed by atoms with E-state index in [9.17, 15) is 13.2 Å². The number of aliphatic imine (C=N–C) groups is 1.